The summed E-state index contributed by atoms with van der Waals surface area (Å²) in [7, 11) is 0. The molecule has 3 N–H and O–H groups in total. The summed E-state index contributed by atoms with van der Waals surface area (Å²) in [5, 5.41) is 15.9. The summed E-state index contributed by atoms with van der Waals surface area (Å²) in [4.78, 5) is 12.1. The van der Waals surface area contributed by atoms with Gasteiger partial charge in [-0.05, 0) is 52.0 Å². The van der Waals surface area contributed by atoms with Gasteiger partial charge in [0.15, 0.2) is 0 Å². The lowest BCUT2D eigenvalue weighted by Crippen LogP contribution is -2.54. The molecule has 3 unspecified atom stereocenters. The monoisotopic (exact) mass is 226 g/mol. The van der Waals surface area contributed by atoms with Gasteiger partial charge in [-0.1, -0.05) is 0 Å². The lowest BCUT2D eigenvalue weighted by molar-refractivity contribution is -0.127. The van der Waals surface area contributed by atoms with Crippen LogP contribution in [0.3, 0.4) is 0 Å². The third-order valence-electron chi connectivity index (χ3n) is 3.85. The Morgan fingerprint density at radius 1 is 1.44 bits per heavy atom. The molecule has 3 atom stereocenters. The lowest BCUT2D eigenvalue weighted by atomic mass is 9.91. The fourth-order valence-electron chi connectivity index (χ4n) is 2.73. The van der Waals surface area contributed by atoms with Crippen LogP contribution < -0.4 is 10.6 Å². The van der Waals surface area contributed by atoms with Crippen LogP contribution in [-0.2, 0) is 4.79 Å². The number of nitrogens with one attached hydrogen (secondary N) is 2. The molecule has 0 aromatic heterocycles. The zero-order valence-corrected chi connectivity index (χ0v) is 9.96. The third kappa shape index (κ3) is 2.55. The Balaban J connectivity index is 1.86. The molecule has 1 saturated heterocycles. The van der Waals surface area contributed by atoms with Gasteiger partial charge in [-0.25, -0.2) is 0 Å². The molecule has 1 heterocycles. The van der Waals surface area contributed by atoms with Crippen LogP contribution in [0.25, 0.3) is 0 Å². The largest absolute Gasteiger partial charge is 0.393 e. The van der Waals surface area contributed by atoms with E-state index in [4.69, 9.17) is 0 Å². The minimum absolute atomic E-state index is 0.101. The van der Waals surface area contributed by atoms with E-state index in [2.05, 4.69) is 10.6 Å². The average Bonchev–Trinajstić information content (AvgIpc) is 2.66. The van der Waals surface area contributed by atoms with Crippen molar-refractivity contribution in [3.8, 4) is 0 Å². The second-order valence-electron chi connectivity index (χ2n) is 5.35. The van der Waals surface area contributed by atoms with Crippen molar-refractivity contribution < 1.29 is 9.90 Å². The highest BCUT2D eigenvalue weighted by Crippen LogP contribution is 2.22. The quantitative estimate of drug-likeness (QED) is 0.644. The summed E-state index contributed by atoms with van der Waals surface area (Å²) >= 11 is 0. The summed E-state index contributed by atoms with van der Waals surface area (Å²) in [5.41, 5.74) is -0.387. The van der Waals surface area contributed by atoms with Crippen LogP contribution in [0.4, 0.5) is 0 Å². The molecule has 1 amide bonds. The molecule has 0 spiro atoms. The maximum atomic E-state index is 12.1. The average molecular weight is 226 g/mol. The van der Waals surface area contributed by atoms with E-state index in [0.717, 1.165) is 38.6 Å². The number of carbonyl (C=O) groups is 1. The van der Waals surface area contributed by atoms with Gasteiger partial charge in [0.25, 0.3) is 0 Å². The van der Waals surface area contributed by atoms with E-state index in [1.165, 1.54) is 0 Å². The number of aliphatic hydroxyl groups excluding tert-OH is 1. The van der Waals surface area contributed by atoms with E-state index in [1.54, 1.807) is 0 Å². The van der Waals surface area contributed by atoms with Crippen LogP contribution in [0.5, 0.6) is 0 Å². The van der Waals surface area contributed by atoms with Crippen LogP contribution >= 0.6 is 0 Å². The van der Waals surface area contributed by atoms with Crippen molar-refractivity contribution in [1.29, 1.82) is 0 Å². The smallest absolute Gasteiger partial charge is 0.240 e. The number of rotatable bonds is 2. The molecule has 0 radical (unpaired) electrons. The predicted molar refractivity (Wildman–Crippen MR) is 62.0 cm³/mol. The molecule has 0 aromatic rings. The maximum Gasteiger partial charge on any atom is 0.240 e. The van der Waals surface area contributed by atoms with Gasteiger partial charge in [-0.3, -0.25) is 4.79 Å². The highest BCUT2D eigenvalue weighted by molar-refractivity contribution is 5.86. The summed E-state index contributed by atoms with van der Waals surface area (Å²) in [6.45, 7) is 2.89. The van der Waals surface area contributed by atoms with Crippen molar-refractivity contribution in [1.82, 2.24) is 10.6 Å². The Bertz CT molecular complexity index is 262. The molecule has 2 aliphatic rings. The van der Waals surface area contributed by atoms with Gasteiger partial charge in [0.05, 0.1) is 11.6 Å². The van der Waals surface area contributed by atoms with E-state index in [1.807, 2.05) is 6.92 Å². The van der Waals surface area contributed by atoms with Gasteiger partial charge in [0.1, 0.15) is 0 Å². The molecule has 16 heavy (non-hydrogen) atoms. The number of hydrogen-bond acceptors (Lipinski definition) is 3. The van der Waals surface area contributed by atoms with Gasteiger partial charge in [-0.15, -0.1) is 0 Å². The first-order valence-corrected chi connectivity index (χ1v) is 6.34. The van der Waals surface area contributed by atoms with E-state index in [-0.39, 0.29) is 23.6 Å². The van der Waals surface area contributed by atoms with E-state index in [0.29, 0.717) is 6.42 Å². The first-order valence-electron chi connectivity index (χ1n) is 6.34. The molecular formula is C12H22N2O2. The minimum atomic E-state index is -0.387. The van der Waals surface area contributed by atoms with Crippen molar-refractivity contribution in [2.24, 2.45) is 0 Å². The van der Waals surface area contributed by atoms with Gasteiger partial charge < -0.3 is 15.7 Å². The molecule has 0 aromatic carbocycles. The van der Waals surface area contributed by atoms with Crippen molar-refractivity contribution in [3.63, 3.8) is 0 Å². The standard InChI is InChI=1S/C12H22N2O2/c1-12(6-3-7-13-12)11(16)14-9-4-2-5-10(15)8-9/h9-10,13,15H,2-8H2,1H3,(H,14,16). The first-order chi connectivity index (χ1) is 7.60. The van der Waals surface area contributed by atoms with Crippen LogP contribution in [0.2, 0.25) is 0 Å². The fourth-order valence-corrected chi connectivity index (χ4v) is 2.73. The molecule has 0 bridgehead atoms. The molecule has 2 fully saturated rings. The Morgan fingerprint density at radius 2 is 2.25 bits per heavy atom. The second-order valence-corrected chi connectivity index (χ2v) is 5.35. The fraction of sp³-hybridized carbons (Fsp3) is 0.917. The zero-order valence-electron chi connectivity index (χ0n) is 9.96. The van der Waals surface area contributed by atoms with Crippen LogP contribution in [0.1, 0.15) is 45.4 Å². The van der Waals surface area contributed by atoms with Crippen molar-refractivity contribution >= 4 is 5.91 Å². The SMILES string of the molecule is CC1(C(=O)NC2CCCC(O)C2)CCCN1. The van der Waals surface area contributed by atoms with Gasteiger partial charge >= 0.3 is 0 Å². The van der Waals surface area contributed by atoms with E-state index < -0.39 is 0 Å². The van der Waals surface area contributed by atoms with Crippen LogP contribution in [0.15, 0.2) is 0 Å². The van der Waals surface area contributed by atoms with Crippen molar-refractivity contribution in [2.45, 2.75) is 63.1 Å². The van der Waals surface area contributed by atoms with Gasteiger partial charge in [0.2, 0.25) is 5.91 Å². The summed E-state index contributed by atoms with van der Waals surface area (Å²) < 4.78 is 0. The van der Waals surface area contributed by atoms with Gasteiger partial charge in [0, 0.05) is 6.04 Å². The Labute approximate surface area is 96.8 Å². The summed E-state index contributed by atoms with van der Waals surface area (Å²) in [6.07, 6.45) is 5.34. The van der Waals surface area contributed by atoms with Crippen molar-refractivity contribution in [2.75, 3.05) is 6.54 Å². The maximum absolute atomic E-state index is 12.1. The van der Waals surface area contributed by atoms with Crippen LogP contribution in [0, 0.1) is 0 Å². The van der Waals surface area contributed by atoms with E-state index in [9.17, 15) is 9.90 Å². The first kappa shape index (κ1) is 11.9. The molecule has 1 saturated carbocycles. The number of aliphatic hydroxyl groups is 1. The van der Waals surface area contributed by atoms with Crippen LogP contribution in [-0.4, -0.2) is 35.2 Å². The lowest BCUT2D eigenvalue weighted by Gasteiger charge is -2.31. The number of hydrogen-bond donors (Lipinski definition) is 3. The Hall–Kier alpha value is -0.610. The third-order valence-corrected chi connectivity index (χ3v) is 3.85. The summed E-state index contributed by atoms with van der Waals surface area (Å²) in [6, 6.07) is 0.162. The minimum Gasteiger partial charge on any atom is -0.393 e. The highest BCUT2D eigenvalue weighted by Gasteiger charge is 2.37. The van der Waals surface area contributed by atoms with Gasteiger partial charge in [-0.2, -0.15) is 0 Å². The molecule has 4 heteroatoms. The molecular weight excluding hydrogens is 204 g/mol. The van der Waals surface area contributed by atoms with Crippen molar-refractivity contribution in [3.05, 3.63) is 0 Å². The Morgan fingerprint density at radius 3 is 2.88 bits per heavy atom. The normalized spacial score (nSPS) is 39.6. The molecule has 92 valence electrons. The summed E-state index contributed by atoms with van der Waals surface area (Å²) in [5.74, 6) is 0.101. The number of carbonyl (C=O) groups excluding carboxylic acids is 1. The zero-order chi connectivity index (χ0) is 11.6. The predicted octanol–water partition coefficient (Wildman–Crippen LogP) is 0.548. The highest BCUT2D eigenvalue weighted by atomic mass is 16.3. The molecule has 1 aliphatic heterocycles. The number of amides is 1. The Kier molecular flexibility index (Phi) is 3.50. The molecule has 1 aliphatic carbocycles. The second kappa shape index (κ2) is 4.72. The molecule has 2 rings (SSSR count). The van der Waals surface area contributed by atoms with E-state index >= 15 is 0 Å². The molecule has 4 nitrogen and oxygen atoms in total. The topological polar surface area (TPSA) is 61.4 Å².